The fourth-order valence-electron chi connectivity index (χ4n) is 1.30. The van der Waals surface area contributed by atoms with Gasteiger partial charge in [-0.1, -0.05) is 0 Å². The monoisotopic (exact) mass is 262 g/mol. The Balaban J connectivity index is 4.22. The van der Waals surface area contributed by atoms with Gasteiger partial charge >= 0.3 is 76.0 Å². The van der Waals surface area contributed by atoms with Crippen molar-refractivity contribution >= 4 is 18.4 Å². The third kappa shape index (κ3) is 4.89. The quantitative estimate of drug-likeness (QED) is 0.671. The molecule has 0 unspecified atom stereocenters. The summed E-state index contributed by atoms with van der Waals surface area (Å²) < 4.78 is 1.82. The van der Waals surface area contributed by atoms with Crippen LogP contribution in [0.2, 0.25) is 14.8 Å². The number of hydrogen-bond acceptors (Lipinski definition) is 0. The van der Waals surface area contributed by atoms with Crippen molar-refractivity contribution in [3.8, 4) is 0 Å². The van der Waals surface area contributed by atoms with Gasteiger partial charge in [-0.15, -0.1) is 0 Å². The Bertz CT molecular complexity index is 128. The van der Waals surface area contributed by atoms with Gasteiger partial charge in [0.2, 0.25) is 0 Å². The van der Waals surface area contributed by atoms with E-state index in [0.29, 0.717) is 0 Å². The van der Waals surface area contributed by atoms with Crippen LogP contribution in [0.1, 0.15) is 33.1 Å². The molecule has 0 saturated carbocycles. The molecular weight excluding hydrogens is 239 g/mol. The second-order valence-corrected chi connectivity index (χ2v) is 18.8. The van der Waals surface area contributed by atoms with E-state index in [4.69, 9.17) is 0 Å². The summed E-state index contributed by atoms with van der Waals surface area (Å²) in [4.78, 5) is 7.52. The molecule has 0 aromatic rings. The Morgan fingerprint density at radius 2 is 1.73 bits per heavy atom. The van der Waals surface area contributed by atoms with Crippen LogP contribution in [0.25, 0.3) is 0 Å². The van der Waals surface area contributed by atoms with E-state index < -0.39 is 18.4 Å². The summed E-state index contributed by atoms with van der Waals surface area (Å²) in [7, 11) is 0. The van der Waals surface area contributed by atoms with E-state index in [0.717, 1.165) is 0 Å². The van der Waals surface area contributed by atoms with E-state index in [1.807, 2.05) is 3.59 Å². The van der Waals surface area contributed by atoms with E-state index in [1.165, 1.54) is 19.3 Å². The summed E-state index contributed by atoms with van der Waals surface area (Å²) in [6, 6.07) is 0. The Morgan fingerprint density at radius 3 is 2.00 bits per heavy atom. The standard InChI is InChI=1S/C7H13.3CH3.Sn/c1-3-5-7-6-4-2;;;;/h5H,3-4,6H2,1-2H3;3*1H3;. The predicted octanol–water partition coefficient (Wildman–Crippen LogP) is 4.00. The molecule has 0 aromatic heterocycles. The second-order valence-electron chi connectivity index (χ2n) is 4.14. The molecule has 1 heteroatoms. The maximum absolute atomic E-state index is 2.51. The van der Waals surface area contributed by atoms with Gasteiger partial charge in [-0.05, 0) is 0 Å². The molecule has 0 saturated heterocycles. The van der Waals surface area contributed by atoms with Gasteiger partial charge in [0.1, 0.15) is 0 Å². The van der Waals surface area contributed by atoms with Gasteiger partial charge < -0.3 is 0 Å². The predicted molar refractivity (Wildman–Crippen MR) is 56.6 cm³/mol. The third-order valence-electron chi connectivity index (χ3n) is 1.93. The summed E-state index contributed by atoms with van der Waals surface area (Å²) >= 11 is -1.66. The van der Waals surface area contributed by atoms with Crippen LogP contribution in [0.4, 0.5) is 0 Å². The zero-order chi connectivity index (χ0) is 8.91. The van der Waals surface area contributed by atoms with Crippen LogP contribution >= 0.6 is 0 Å². The minimum atomic E-state index is -1.66. The average molecular weight is 261 g/mol. The Morgan fingerprint density at radius 1 is 1.18 bits per heavy atom. The molecule has 0 bridgehead atoms. The molecule has 0 atom stereocenters. The molecule has 0 heterocycles. The van der Waals surface area contributed by atoms with Crippen LogP contribution in [-0.2, 0) is 0 Å². The Kier molecular flexibility index (Phi) is 5.49. The van der Waals surface area contributed by atoms with Crippen LogP contribution in [0.3, 0.4) is 0 Å². The van der Waals surface area contributed by atoms with E-state index in [9.17, 15) is 0 Å². The second kappa shape index (κ2) is 5.23. The molecule has 66 valence electrons. The fourth-order valence-corrected chi connectivity index (χ4v) is 6.48. The average Bonchev–Trinajstić information content (AvgIpc) is 1.85. The molecule has 0 fully saturated rings. The van der Waals surface area contributed by atoms with Gasteiger partial charge in [-0.25, -0.2) is 0 Å². The fraction of sp³-hybridized carbons (Fsp3) is 0.800. The van der Waals surface area contributed by atoms with Crippen molar-refractivity contribution < 1.29 is 0 Å². The van der Waals surface area contributed by atoms with E-state index in [1.54, 1.807) is 0 Å². The Hall–Kier alpha value is 0.539. The van der Waals surface area contributed by atoms with Gasteiger partial charge in [-0.2, -0.15) is 0 Å². The third-order valence-corrected chi connectivity index (χ3v) is 8.73. The van der Waals surface area contributed by atoms with E-state index >= 15 is 0 Å². The molecule has 0 aliphatic heterocycles. The van der Waals surface area contributed by atoms with Crippen molar-refractivity contribution in [1.82, 2.24) is 0 Å². The summed E-state index contributed by atoms with van der Waals surface area (Å²) in [6.07, 6.45) is 6.37. The molecule has 0 rings (SSSR count). The van der Waals surface area contributed by atoms with Crippen LogP contribution in [0.5, 0.6) is 0 Å². The number of allylic oxidation sites excluding steroid dienone is 2. The van der Waals surface area contributed by atoms with Crippen molar-refractivity contribution in [3.05, 3.63) is 9.67 Å². The van der Waals surface area contributed by atoms with E-state index in [-0.39, 0.29) is 0 Å². The van der Waals surface area contributed by atoms with Crippen molar-refractivity contribution in [2.24, 2.45) is 0 Å². The first-order chi connectivity index (χ1) is 5.02. The van der Waals surface area contributed by atoms with Gasteiger partial charge in [0, 0.05) is 0 Å². The molecule has 0 aliphatic rings. The van der Waals surface area contributed by atoms with Gasteiger partial charge in [0.15, 0.2) is 0 Å². The summed E-state index contributed by atoms with van der Waals surface area (Å²) in [5, 5.41) is 0. The first kappa shape index (κ1) is 11.5. The minimum absolute atomic E-state index is 1.23. The molecule has 0 spiro atoms. The molecule has 0 amide bonds. The van der Waals surface area contributed by atoms with Crippen molar-refractivity contribution in [2.75, 3.05) is 0 Å². The number of rotatable bonds is 4. The van der Waals surface area contributed by atoms with Crippen LogP contribution < -0.4 is 0 Å². The summed E-state index contributed by atoms with van der Waals surface area (Å²) in [5.74, 6) is 0. The normalized spacial score (nSPS) is 13.7. The number of hydrogen-bond donors (Lipinski definition) is 0. The molecule has 0 aliphatic carbocycles. The van der Waals surface area contributed by atoms with Crippen molar-refractivity contribution in [3.63, 3.8) is 0 Å². The molecular formula is C10H22Sn. The van der Waals surface area contributed by atoms with Crippen molar-refractivity contribution in [1.29, 1.82) is 0 Å². The van der Waals surface area contributed by atoms with Crippen molar-refractivity contribution in [2.45, 2.75) is 47.9 Å². The van der Waals surface area contributed by atoms with Crippen LogP contribution in [-0.4, -0.2) is 18.4 Å². The van der Waals surface area contributed by atoms with Crippen LogP contribution in [0.15, 0.2) is 9.67 Å². The molecule has 0 N–H and O–H groups in total. The maximum atomic E-state index is 2.51. The summed E-state index contributed by atoms with van der Waals surface area (Å²) in [6.45, 7) is 4.52. The Labute approximate surface area is 76.0 Å². The zero-order valence-electron chi connectivity index (χ0n) is 8.70. The molecule has 0 aromatic carbocycles. The van der Waals surface area contributed by atoms with Crippen LogP contribution in [0, 0.1) is 0 Å². The molecule has 0 radical (unpaired) electrons. The first-order valence-corrected chi connectivity index (χ1v) is 14.7. The van der Waals surface area contributed by atoms with Gasteiger partial charge in [0.25, 0.3) is 0 Å². The topological polar surface area (TPSA) is 0 Å². The summed E-state index contributed by atoms with van der Waals surface area (Å²) in [5.41, 5.74) is 0. The zero-order valence-corrected chi connectivity index (χ0v) is 11.6. The van der Waals surface area contributed by atoms with E-state index in [2.05, 4.69) is 34.7 Å². The molecule has 11 heavy (non-hydrogen) atoms. The van der Waals surface area contributed by atoms with Gasteiger partial charge in [0.05, 0.1) is 0 Å². The molecule has 0 nitrogen and oxygen atoms in total. The van der Waals surface area contributed by atoms with Gasteiger partial charge in [-0.3, -0.25) is 0 Å². The SMILES string of the molecule is CC/C=[C](/CCC)[Sn]([CH3])([CH3])[CH3]. The first-order valence-electron chi connectivity index (χ1n) is 4.71.